The fourth-order valence-electron chi connectivity index (χ4n) is 2.23. The first-order valence-corrected chi connectivity index (χ1v) is 6.98. The first-order valence-electron chi connectivity index (χ1n) is 6.98. The summed E-state index contributed by atoms with van der Waals surface area (Å²) in [6, 6.07) is 9.70. The van der Waals surface area contributed by atoms with E-state index in [4.69, 9.17) is 15.0 Å². The van der Waals surface area contributed by atoms with E-state index in [0.717, 1.165) is 25.0 Å². The summed E-state index contributed by atoms with van der Waals surface area (Å²) >= 11 is 0. The van der Waals surface area contributed by atoms with Gasteiger partial charge in [-0.25, -0.2) is 0 Å². The third-order valence-corrected chi connectivity index (χ3v) is 3.80. The van der Waals surface area contributed by atoms with Gasteiger partial charge in [0.05, 0.1) is 18.1 Å². The molecule has 1 aromatic carbocycles. The predicted octanol–water partition coefficient (Wildman–Crippen LogP) is 3.01. The van der Waals surface area contributed by atoms with E-state index in [0.29, 0.717) is 18.3 Å². The lowest BCUT2D eigenvalue weighted by Crippen LogP contribution is -2.44. The molecule has 0 radical (unpaired) electrons. The monoisotopic (exact) mass is 309 g/mol. The van der Waals surface area contributed by atoms with E-state index in [1.807, 2.05) is 37.3 Å². The van der Waals surface area contributed by atoms with Gasteiger partial charge in [-0.1, -0.05) is 30.3 Å². The number of hydrogen-bond donors (Lipinski definition) is 1. The van der Waals surface area contributed by atoms with E-state index in [9.17, 15) is 0 Å². The zero-order valence-corrected chi connectivity index (χ0v) is 12.8. The van der Waals surface area contributed by atoms with E-state index >= 15 is 0 Å². The summed E-state index contributed by atoms with van der Waals surface area (Å²) in [6.07, 6.45) is 2.99. The van der Waals surface area contributed by atoms with Crippen molar-refractivity contribution >= 4 is 12.4 Å². The third-order valence-electron chi connectivity index (χ3n) is 3.80. The van der Waals surface area contributed by atoms with E-state index in [2.05, 4.69) is 10.1 Å². The van der Waals surface area contributed by atoms with Gasteiger partial charge in [-0.05, 0) is 31.4 Å². The molecule has 1 aliphatic carbocycles. The normalized spacial score (nSPS) is 17.4. The van der Waals surface area contributed by atoms with Crippen molar-refractivity contribution in [2.24, 2.45) is 5.73 Å². The maximum absolute atomic E-state index is 6.19. The van der Waals surface area contributed by atoms with E-state index in [1.54, 1.807) is 0 Å². The van der Waals surface area contributed by atoms with Crippen molar-refractivity contribution in [2.75, 3.05) is 6.61 Å². The topological polar surface area (TPSA) is 74.2 Å². The van der Waals surface area contributed by atoms with Crippen LogP contribution in [0.5, 0.6) is 5.75 Å². The number of benzene rings is 1. The average molecular weight is 310 g/mol. The number of rotatable bonds is 5. The molecule has 114 valence electrons. The zero-order valence-electron chi connectivity index (χ0n) is 12.0. The first-order chi connectivity index (χ1) is 9.67. The molecule has 0 bridgehead atoms. The van der Waals surface area contributed by atoms with Gasteiger partial charge in [0.2, 0.25) is 5.89 Å². The van der Waals surface area contributed by atoms with Crippen molar-refractivity contribution in [3.63, 3.8) is 0 Å². The van der Waals surface area contributed by atoms with Gasteiger partial charge in [0.1, 0.15) is 5.75 Å². The van der Waals surface area contributed by atoms with E-state index in [-0.39, 0.29) is 23.9 Å². The van der Waals surface area contributed by atoms with Crippen LogP contribution < -0.4 is 10.5 Å². The minimum Gasteiger partial charge on any atom is -0.493 e. The van der Waals surface area contributed by atoms with Crippen molar-refractivity contribution in [1.82, 2.24) is 10.1 Å². The smallest absolute Gasteiger partial charge is 0.232 e. The highest BCUT2D eigenvalue weighted by Crippen LogP contribution is 2.37. The van der Waals surface area contributed by atoms with Gasteiger partial charge in [-0.2, -0.15) is 4.98 Å². The minimum absolute atomic E-state index is 0. The van der Waals surface area contributed by atoms with Crippen LogP contribution in [-0.2, 0) is 5.54 Å². The Hall–Kier alpha value is -1.59. The van der Waals surface area contributed by atoms with E-state index < -0.39 is 0 Å². The van der Waals surface area contributed by atoms with Crippen LogP contribution in [0.25, 0.3) is 0 Å². The molecule has 1 aliphatic rings. The fourth-order valence-corrected chi connectivity index (χ4v) is 2.23. The van der Waals surface area contributed by atoms with Crippen LogP contribution in [0.15, 0.2) is 34.9 Å². The molecule has 2 aromatic rings. The largest absolute Gasteiger partial charge is 0.493 e. The Morgan fingerprint density at radius 1 is 1.33 bits per heavy atom. The number of nitrogens with two attached hydrogens (primary N) is 1. The Balaban J connectivity index is 0.00000161. The van der Waals surface area contributed by atoms with Gasteiger partial charge in [0, 0.05) is 0 Å². The molecule has 21 heavy (non-hydrogen) atoms. The molecule has 6 heteroatoms. The Labute approximate surface area is 130 Å². The standard InChI is InChI=1S/C15H19N3O2.ClH/c1-11(10-19-12-6-3-2-4-7-12)13-17-14(18-20-13)15(16)8-5-9-15;/h2-4,6-7,11H,5,8-10,16H2,1H3;1H. The second kappa shape index (κ2) is 6.45. The third kappa shape index (κ3) is 3.36. The summed E-state index contributed by atoms with van der Waals surface area (Å²) in [6.45, 7) is 2.51. The summed E-state index contributed by atoms with van der Waals surface area (Å²) in [5, 5.41) is 4.02. The lowest BCUT2D eigenvalue weighted by Gasteiger charge is -2.34. The second-order valence-electron chi connectivity index (χ2n) is 5.49. The number of ether oxygens (including phenoxy) is 1. The van der Waals surface area contributed by atoms with Crippen LogP contribution in [0.4, 0.5) is 0 Å². The molecular formula is C15H20ClN3O2. The highest BCUT2D eigenvalue weighted by Gasteiger charge is 2.39. The first kappa shape index (κ1) is 15.8. The van der Waals surface area contributed by atoms with Gasteiger partial charge in [-0.3, -0.25) is 0 Å². The summed E-state index contributed by atoms with van der Waals surface area (Å²) in [4.78, 5) is 4.43. The molecule has 1 heterocycles. The van der Waals surface area contributed by atoms with Crippen LogP contribution >= 0.6 is 12.4 Å². The molecule has 1 unspecified atom stereocenters. The highest BCUT2D eigenvalue weighted by atomic mass is 35.5. The molecule has 5 nitrogen and oxygen atoms in total. The van der Waals surface area contributed by atoms with Crippen molar-refractivity contribution < 1.29 is 9.26 Å². The van der Waals surface area contributed by atoms with Crippen molar-refractivity contribution in [3.05, 3.63) is 42.0 Å². The Bertz CT molecular complexity index is 569. The molecule has 1 aromatic heterocycles. The molecule has 1 saturated carbocycles. The SMILES string of the molecule is CC(COc1ccccc1)c1nc(C2(N)CCC2)no1.Cl. The molecule has 0 saturated heterocycles. The number of halogens is 1. The highest BCUT2D eigenvalue weighted by molar-refractivity contribution is 5.85. The summed E-state index contributed by atoms with van der Waals surface area (Å²) in [5.74, 6) is 2.10. The van der Waals surface area contributed by atoms with Crippen LogP contribution in [0, 0.1) is 0 Å². The van der Waals surface area contributed by atoms with Crippen molar-refractivity contribution in [1.29, 1.82) is 0 Å². The molecular weight excluding hydrogens is 290 g/mol. The lowest BCUT2D eigenvalue weighted by molar-refractivity contribution is 0.226. The molecule has 1 atom stereocenters. The number of hydrogen-bond acceptors (Lipinski definition) is 5. The molecule has 0 amide bonds. The van der Waals surface area contributed by atoms with Gasteiger partial charge in [-0.15, -0.1) is 12.4 Å². The quantitative estimate of drug-likeness (QED) is 0.919. The molecule has 3 rings (SSSR count). The Morgan fingerprint density at radius 3 is 2.67 bits per heavy atom. The van der Waals surface area contributed by atoms with E-state index in [1.165, 1.54) is 0 Å². The summed E-state index contributed by atoms with van der Waals surface area (Å²) in [5.41, 5.74) is 5.81. The number of nitrogens with zero attached hydrogens (tertiary/aromatic N) is 2. The molecule has 0 spiro atoms. The Kier molecular flexibility index (Phi) is 4.85. The predicted molar refractivity (Wildman–Crippen MR) is 81.6 cm³/mol. The maximum atomic E-state index is 6.19. The molecule has 1 fully saturated rings. The lowest BCUT2D eigenvalue weighted by atomic mass is 9.77. The van der Waals surface area contributed by atoms with Crippen molar-refractivity contribution in [3.8, 4) is 5.75 Å². The second-order valence-corrected chi connectivity index (χ2v) is 5.49. The van der Waals surface area contributed by atoms with Gasteiger partial charge in [0.15, 0.2) is 5.82 Å². The fraction of sp³-hybridized carbons (Fsp3) is 0.467. The van der Waals surface area contributed by atoms with Crippen molar-refractivity contribution in [2.45, 2.75) is 37.6 Å². The van der Waals surface area contributed by atoms with Gasteiger partial charge in [0.25, 0.3) is 0 Å². The average Bonchev–Trinajstić information content (AvgIpc) is 2.93. The van der Waals surface area contributed by atoms with Gasteiger partial charge >= 0.3 is 0 Å². The minimum atomic E-state index is -0.373. The van der Waals surface area contributed by atoms with Crippen LogP contribution in [-0.4, -0.2) is 16.7 Å². The van der Waals surface area contributed by atoms with Gasteiger partial charge < -0.3 is 15.0 Å². The summed E-state index contributed by atoms with van der Waals surface area (Å²) in [7, 11) is 0. The number of para-hydroxylation sites is 1. The number of aromatic nitrogens is 2. The zero-order chi connectivity index (χ0) is 14.0. The summed E-state index contributed by atoms with van der Waals surface area (Å²) < 4.78 is 11.0. The van der Waals surface area contributed by atoms with Crippen LogP contribution in [0.1, 0.15) is 43.8 Å². The maximum Gasteiger partial charge on any atom is 0.232 e. The van der Waals surface area contributed by atoms with Crippen LogP contribution in [0.2, 0.25) is 0 Å². The Morgan fingerprint density at radius 2 is 2.05 bits per heavy atom. The molecule has 0 aliphatic heterocycles. The molecule has 2 N–H and O–H groups in total. The van der Waals surface area contributed by atoms with Crippen LogP contribution in [0.3, 0.4) is 0 Å².